The average Bonchev–Trinajstić information content (AvgIpc) is 2.83. The molecule has 4 heteroatoms. The molecule has 0 saturated carbocycles. The highest BCUT2D eigenvalue weighted by atomic mass is 16.5. The van der Waals surface area contributed by atoms with Gasteiger partial charge in [0.1, 0.15) is 5.69 Å². The fraction of sp³-hybridized carbons (Fsp3) is 0.0667. The first-order chi connectivity index (χ1) is 9.25. The molecule has 2 aromatic heterocycles. The summed E-state index contributed by atoms with van der Waals surface area (Å²) < 4.78 is 5.33. The molecule has 0 amide bonds. The van der Waals surface area contributed by atoms with E-state index >= 15 is 0 Å². The molecule has 0 saturated heterocycles. The summed E-state index contributed by atoms with van der Waals surface area (Å²) in [7, 11) is 0. The van der Waals surface area contributed by atoms with Crippen LogP contribution in [-0.4, -0.2) is 10.1 Å². The quantitative estimate of drug-likeness (QED) is 0.759. The van der Waals surface area contributed by atoms with Crippen molar-refractivity contribution in [2.45, 2.75) is 6.92 Å². The minimum atomic E-state index is 0.379. The molecule has 4 nitrogen and oxygen atoms in total. The van der Waals surface area contributed by atoms with Crippen LogP contribution in [0.2, 0.25) is 0 Å². The first-order valence-corrected chi connectivity index (χ1v) is 5.99. The van der Waals surface area contributed by atoms with E-state index in [0.29, 0.717) is 11.6 Å². The Morgan fingerprint density at radius 2 is 1.84 bits per heavy atom. The van der Waals surface area contributed by atoms with Crippen molar-refractivity contribution < 1.29 is 4.52 Å². The van der Waals surface area contributed by atoms with Gasteiger partial charge in [-0.25, -0.2) is 0 Å². The number of rotatable bonds is 2. The van der Waals surface area contributed by atoms with E-state index in [2.05, 4.69) is 10.1 Å². The molecule has 1 aromatic carbocycles. The first-order valence-electron chi connectivity index (χ1n) is 5.99. The minimum absolute atomic E-state index is 0.379. The molecule has 0 aliphatic carbocycles. The number of nitrogens with zero attached hydrogens (tertiary/aromatic N) is 2. The number of benzene rings is 1. The summed E-state index contributed by atoms with van der Waals surface area (Å²) in [6, 6.07) is 13.7. The Kier molecular flexibility index (Phi) is 2.76. The highest BCUT2D eigenvalue weighted by Gasteiger charge is 2.18. The van der Waals surface area contributed by atoms with Crippen molar-refractivity contribution >= 4 is 5.82 Å². The number of aromatic nitrogens is 2. The molecule has 0 spiro atoms. The van der Waals surface area contributed by atoms with Crippen molar-refractivity contribution in [1.82, 2.24) is 10.1 Å². The van der Waals surface area contributed by atoms with Crippen molar-refractivity contribution in [3.63, 3.8) is 0 Å². The Hall–Kier alpha value is -2.62. The zero-order chi connectivity index (χ0) is 13.2. The van der Waals surface area contributed by atoms with Crippen LogP contribution in [0, 0.1) is 6.92 Å². The summed E-state index contributed by atoms with van der Waals surface area (Å²) in [5.74, 6) is 0.978. The molecule has 2 heterocycles. The van der Waals surface area contributed by atoms with Crippen LogP contribution < -0.4 is 5.73 Å². The maximum atomic E-state index is 5.92. The predicted octanol–water partition coefficient (Wildman–Crippen LogP) is 3.29. The van der Waals surface area contributed by atoms with Gasteiger partial charge in [-0.3, -0.25) is 4.98 Å². The molecule has 0 radical (unpaired) electrons. The lowest BCUT2D eigenvalue weighted by atomic mass is 10.0. The number of anilines is 1. The van der Waals surface area contributed by atoms with Gasteiger partial charge in [0.05, 0.1) is 5.56 Å². The van der Waals surface area contributed by atoms with Gasteiger partial charge >= 0.3 is 0 Å². The number of hydrogen-bond acceptors (Lipinski definition) is 4. The van der Waals surface area contributed by atoms with Crippen molar-refractivity contribution in [2.24, 2.45) is 0 Å². The van der Waals surface area contributed by atoms with E-state index in [1.165, 1.54) is 5.56 Å². The van der Waals surface area contributed by atoms with Gasteiger partial charge in [-0.1, -0.05) is 41.1 Å². The summed E-state index contributed by atoms with van der Waals surface area (Å²) in [6.07, 6.45) is 1.72. The van der Waals surface area contributed by atoms with Gasteiger partial charge < -0.3 is 10.3 Å². The van der Waals surface area contributed by atoms with Gasteiger partial charge in [0, 0.05) is 6.20 Å². The van der Waals surface area contributed by atoms with E-state index in [4.69, 9.17) is 10.3 Å². The summed E-state index contributed by atoms with van der Waals surface area (Å²) in [5.41, 5.74) is 9.60. The second-order valence-corrected chi connectivity index (χ2v) is 4.35. The standard InChI is InChI=1S/C15H13N3O/c1-10-5-7-11(8-6-10)13-14(19-18-15(13)16)12-4-2-3-9-17-12/h2-9H,1H3,(H2,16,18). The molecule has 94 valence electrons. The molecular weight excluding hydrogens is 238 g/mol. The Morgan fingerprint density at radius 1 is 1.05 bits per heavy atom. The lowest BCUT2D eigenvalue weighted by molar-refractivity contribution is 0.435. The Bertz CT molecular complexity index is 687. The zero-order valence-electron chi connectivity index (χ0n) is 10.5. The summed E-state index contributed by atoms with van der Waals surface area (Å²) in [5, 5.41) is 3.85. The van der Waals surface area contributed by atoms with E-state index in [1.807, 2.05) is 49.4 Å². The van der Waals surface area contributed by atoms with E-state index in [1.54, 1.807) is 6.20 Å². The van der Waals surface area contributed by atoms with Gasteiger partial charge in [-0.15, -0.1) is 0 Å². The van der Waals surface area contributed by atoms with Crippen molar-refractivity contribution in [3.8, 4) is 22.6 Å². The predicted molar refractivity (Wildman–Crippen MR) is 74.3 cm³/mol. The van der Waals surface area contributed by atoms with Crippen LogP contribution in [0.4, 0.5) is 5.82 Å². The monoisotopic (exact) mass is 251 g/mol. The number of nitrogen functional groups attached to an aromatic ring is 1. The molecule has 3 aromatic rings. The van der Waals surface area contributed by atoms with E-state index in [0.717, 1.165) is 16.8 Å². The number of nitrogens with two attached hydrogens (primary N) is 1. The highest BCUT2D eigenvalue weighted by molar-refractivity contribution is 5.85. The van der Waals surface area contributed by atoms with Crippen LogP contribution in [-0.2, 0) is 0 Å². The molecule has 2 N–H and O–H groups in total. The minimum Gasteiger partial charge on any atom is -0.380 e. The van der Waals surface area contributed by atoms with E-state index in [-0.39, 0.29) is 0 Å². The topological polar surface area (TPSA) is 64.9 Å². The molecule has 0 unspecified atom stereocenters. The van der Waals surface area contributed by atoms with Crippen molar-refractivity contribution in [1.29, 1.82) is 0 Å². The fourth-order valence-electron chi connectivity index (χ4n) is 1.97. The Balaban J connectivity index is 2.17. The maximum absolute atomic E-state index is 5.92. The van der Waals surface area contributed by atoms with Crippen LogP contribution >= 0.6 is 0 Å². The van der Waals surface area contributed by atoms with Crippen molar-refractivity contribution in [2.75, 3.05) is 5.73 Å². The molecule has 0 aliphatic rings. The van der Waals surface area contributed by atoms with Crippen LogP contribution in [0.25, 0.3) is 22.6 Å². The maximum Gasteiger partial charge on any atom is 0.195 e. The summed E-state index contributed by atoms with van der Waals surface area (Å²) >= 11 is 0. The molecule has 19 heavy (non-hydrogen) atoms. The van der Waals surface area contributed by atoms with E-state index in [9.17, 15) is 0 Å². The Morgan fingerprint density at radius 3 is 2.53 bits per heavy atom. The highest BCUT2D eigenvalue weighted by Crippen LogP contribution is 2.35. The third-order valence-corrected chi connectivity index (χ3v) is 2.96. The number of aryl methyl sites for hydroxylation is 1. The van der Waals surface area contributed by atoms with Crippen LogP contribution in [0.5, 0.6) is 0 Å². The third-order valence-electron chi connectivity index (χ3n) is 2.96. The fourth-order valence-corrected chi connectivity index (χ4v) is 1.97. The molecule has 0 atom stereocenters. The lowest BCUT2D eigenvalue weighted by Crippen LogP contribution is -1.89. The van der Waals surface area contributed by atoms with E-state index < -0.39 is 0 Å². The second kappa shape index (κ2) is 4.57. The summed E-state index contributed by atoms with van der Waals surface area (Å²) in [6.45, 7) is 2.04. The van der Waals surface area contributed by atoms with Gasteiger partial charge in [-0.2, -0.15) is 0 Å². The molecule has 0 aliphatic heterocycles. The van der Waals surface area contributed by atoms with Gasteiger partial charge in [-0.05, 0) is 24.6 Å². The number of hydrogen-bond donors (Lipinski definition) is 1. The third kappa shape index (κ3) is 2.08. The number of pyridine rings is 1. The molecule has 0 fully saturated rings. The normalized spacial score (nSPS) is 10.6. The average molecular weight is 251 g/mol. The molecule has 3 rings (SSSR count). The SMILES string of the molecule is Cc1ccc(-c2c(N)noc2-c2ccccn2)cc1. The Labute approximate surface area is 110 Å². The van der Waals surface area contributed by atoms with Gasteiger partial charge in [0.2, 0.25) is 0 Å². The lowest BCUT2D eigenvalue weighted by Gasteiger charge is -2.02. The second-order valence-electron chi connectivity index (χ2n) is 4.35. The molecule has 0 bridgehead atoms. The van der Waals surface area contributed by atoms with Gasteiger partial charge in [0.25, 0.3) is 0 Å². The van der Waals surface area contributed by atoms with Crippen LogP contribution in [0.3, 0.4) is 0 Å². The van der Waals surface area contributed by atoms with Gasteiger partial charge in [0.15, 0.2) is 11.6 Å². The smallest absolute Gasteiger partial charge is 0.195 e. The molecular formula is C15H13N3O. The first kappa shape index (κ1) is 11.5. The van der Waals surface area contributed by atoms with Crippen molar-refractivity contribution in [3.05, 3.63) is 54.2 Å². The van der Waals surface area contributed by atoms with Crippen LogP contribution in [0.1, 0.15) is 5.56 Å². The zero-order valence-corrected chi connectivity index (χ0v) is 10.5. The van der Waals surface area contributed by atoms with Crippen LogP contribution in [0.15, 0.2) is 53.2 Å². The largest absolute Gasteiger partial charge is 0.380 e. The summed E-state index contributed by atoms with van der Waals surface area (Å²) in [4.78, 5) is 4.28.